The van der Waals surface area contributed by atoms with Crippen molar-refractivity contribution in [3.05, 3.63) is 31.9 Å². The molecule has 0 aromatic heterocycles. The molecule has 32 valence electrons. The van der Waals surface area contributed by atoms with E-state index >= 15 is 0 Å². The fourth-order valence-corrected chi connectivity index (χ4v) is 0. The molecule has 0 atom stereocenters. The molecule has 0 heterocycles. The zero-order valence-corrected chi connectivity index (χ0v) is 9.81. The summed E-state index contributed by atoms with van der Waals surface area (Å²) in [5.41, 5.74) is 27.0. The van der Waals surface area contributed by atoms with E-state index in [9.17, 15) is 0 Å². The summed E-state index contributed by atoms with van der Waals surface area (Å²) in [4.78, 5) is 3.00. The normalized spacial score (nSPS) is 2.00. The van der Waals surface area contributed by atoms with Gasteiger partial charge in [0.25, 0.3) is 0 Å². The number of rotatable bonds is 0. The van der Waals surface area contributed by atoms with E-state index in [1.807, 2.05) is 0 Å². The molecule has 0 aliphatic rings. The molecule has 0 aliphatic carbocycles. The van der Waals surface area contributed by atoms with E-state index in [1.54, 1.807) is 0 Å². The molecule has 0 N–H and O–H groups in total. The monoisotopic (exact) mass is 146 g/mol. The first-order valence-corrected chi connectivity index (χ1v) is 0.800. The Hall–Kier alpha value is 1.26. The van der Waals surface area contributed by atoms with Crippen LogP contribution in [0.3, 0.4) is 0 Å². The summed E-state index contributed by atoms with van der Waals surface area (Å²) < 4.78 is 0. The third-order valence-corrected chi connectivity index (χ3v) is 0. The van der Waals surface area contributed by atoms with Crippen LogP contribution in [0.1, 0.15) is 0 Å². The van der Waals surface area contributed by atoms with E-state index in [4.69, 9.17) is 22.1 Å². The zero-order valence-electron chi connectivity index (χ0n) is 4.68. The first kappa shape index (κ1) is 22.8. The van der Waals surface area contributed by atoms with Crippen LogP contribution >= 0.6 is 0 Å². The molecule has 8 heteroatoms. The topological polar surface area (TPSA) is 117 Å². The molecule has 0 unspecified atom stereocenters. The molecule has 0 saturated carbocycles. The Balaban J connectivity index is -0.0000000160. The maximum atomic E-state index is 6.75. The Kier molecular flexibility index (Phi) is 117. The Morgan fingerprint density at radius 2 is 0.750 bits per heavy atom. The summed E-state index contributed by atoms with van der Waals surface area (Å²) in [6.07, 6.45) is 0. The molecule has 0 aliphatic heterocycles. The van der Waals surface area contributed by atoms with E-state index in [-0.39, 0.29) is 80.9 Å². The van der Waals surface area contributed by atoms with Gasteiger partial charge in [0.1, 0.15) is 0 Å². The van der Waals surface area contributed by atoms with Gasteiger partial charge in [-0.15, -0.1) is 0 Å². The van der Waals surface area contributed by atoms with Crippen LogP contribution in [0.2, 0.25) is 0 Å². The van der Waals surface area contributed by atoms with Crippen molar-refractivity contribution >= 4 is 0 Å². The fraction of sp³-hybridized carbons (Fsp3) is 0. The fourth-order valence-electron chi connectivity index (χ4n) is 0. The van der Waals surface area contributed by atoms with E-state index in [1.165, 1.54) is 9.82 Å². The average Bonchev–Trinajstić information content (AvgIpc) is 1.39. The molecular formula is KN6Na. The number of hydrogen-bond donors (Lipinski definition) is 0. The van der Waals surface area contributed by atoms with E-state index in [0.717, 1.165) is 0 Å². The molecule has 0 rings (SSSR count). The number of hydrogen-bond acceptors (Lipinski definition) is 0. The van der Waals surface area contributed by atoms with Gasteiger partial charge >= 0.3 is 80.9 Å². The molecule has 0 aromatic carbocycles. The van der Waals surface area contributed by atoms with Crippen molar-refractivity contribution in [2.75, 3.05) is 0 Å². The van der Waals surface area contributed by atoms with Gasteiger partial charge in [-0.25, -0.2) is 0 Å². The van der Waals surface area contributed by atoms with Gasteiger partial charge in [-0.1, -0.05) is 0 Å². The van der Waals surface area contributed by atoms with Crippen LogP contribution in [0.15, 0.2) is 0 Å². The maximum absolute atomic E-state index is 6.75. The molecule has 0 radical (unpaired) electrons. The van der Waals surface area contributed by atoms with Crippen LogP contribution < -0.4 is 80.9 Å². The minimum Gasteiger partial charge on any atom is -0.373 e. The van der Waals surface area contributed by atoms with Crippen molar-refractivity contribution in [1.29, 1.82) is 0 Å². The summed E-state index contributed by atoms with van der Waals surface area (Å²) in [5, 5.41) is 0. The molecule has 0 bridgehead atoms. The van der Waals surface area contributed by atoms with Crippen molar-refractivity contribution in [2.45, 2.75) is 0 Å². The summed E-state index contributed by atoms with van der Waals surface area (Å²) in [7, 11) is 0. The molecule has 0 spiro atoms. The predicted octanol–water partition coefficient (Wildman–Crippen LogP) is -4.26. The van der Waals surface area contributed by atoms with Gasteiger partial charge in [-0.05, 0) is 0 Å². The van der Waals surface area contributed by atoms with Crippen molar-refractivity contribution in [3.63, 3.8) is 0 Å². The van der Waals surface area contributed by atoms with Gasteiger partial charge in [-0.2, -0.15) is 0 Å². The third-order valence-electron chi connectivity index (χ3n) is 0. The SMILES string of the molecule is [K+].[N-]=[N+]=[N-].[N-]=[N+]=[N-].[Na+]. The van der Waals surface area contributed by atoms with Gasteiger partial charge in [0, 0.05) is 0 Å². The zero-order chi connectivity index (χ0) is 5.41. The minimum atomic E-state index is 0. The van der Waals surface area contributed by atoms with Gasteiger partial charge in [-0.3, -0.25) is 9.82 Å². The predicted molar refractivity (Wildman–Crippen MR) is 20.2 cm³/mol. The average molecular weight is 146 g/mol. The van der Waals surface area contributed by atoms with Crippen LogP contribution in [0, 0.1) is 0 Å². The smallest absolute Gasteiger partial charge is 0.373 e. The number of nitrogens with zero attached hydrogens (tertiary/aromatic N) is 6. The van der Waals surface area contributed by atoms with Gasteiger partial charge in [0.15, 0.2) is 0 Å². The summed E-state index contributed by atoms with van der Waals surface area (Å²) in [5.74, 6) is 0. The third kappa shape index (κ3) is 180. The maximum Gasteiger partial charge on any atom is 1.00 e. The molecule has 8 heavy (non-hydrogen) atoms. The summed E-state index contributed by atoms with van der Waals surface area (Å²) >= 11 is 0. The van der Waals surface area contributed by atoms with E-state index < -0.39 is 0 Å². The van der Waals surface area contributed by atoms with Crippen LogP contribution in [0.5, 0.6) is 0 Å². The van der Waals surface area contributed by atoms with E-state index in [0.29, 0.717) is 0 Å². The first-order chi connectivity index (χ1) is 2.83. The Labute approximate surface area is 111 Å². The van der Waals surface area contributed by atoms with Crippen molar-refractivity contribution in [1.82, 2.24) is 0 Å². The van der Waals surface area contributed by atoms with Gasteiger partial charge < -0.3 is 22.1 Å². The molecule has 0 fully saturated rings. The first-order valence-electron chi connectivity index (χ1n) is 0.800. The van der Waals surface area contributed by atoms with Crippen LogP contribution in [0.4, 0.5) is 0 Å². The molecule has 0 amide bonds. The second kappa shape index (κ2) is 41.0. The standard InChI is InChI=1S/K.2N3.Na/c;2*1-3-2;/q+1;2*-1;+1. The second-order valence-electron chi connectivity index (χ2n) is 0.179. The summed E-state index contributed by atoms with van der Waals surface area (Å²) in [6, 6.07) is 0. The van der Waals surface area contributed by atoms with Crippen LogP contribution in [-0.2, 0) is 0 Å². The van der Waals surface area contributed by atoms with Crippen molar-refractivity contribution < 1.29 is 80.9 Å². The van der Waals surface area contributed by atoms with Gasteiger partial charge in [0.05, 0.1) is 0 Å². The molecular weight excluding hydrogens is 146 g/mol. The molecule has 0 aromatic rings. The summed E-state index contributed by atoms with van der Waals surface area (Å²) in [6.45, 7) is 0. The minimum absolute atomic E-state index is 0. The quantitative estimate of drug-likeness (QED) is 0.142. The van der Waals surface area contributed by atoms with Crippen LogP contribution in [-0.4, -0.2) is 0 Å². The Morgan fingerprint density at radius 3 is 0.750 bits per heavy atom. The largest absolute Gasteiger partial charge is 1.00 e. The molecule has 0 saturated heterocycles. The van der Waals surface area contributed by atoms with Gasteiger partial charge in [0.2, 0.25) is 0 Å². The van der Waals surface area contributed by atoms with Crippen molar-refractivity contribution in [3.8, 4) is 0 Å². The molecule has 6 nitrogen and oxygen atoms in total. The van der Waals surface area contributed by atoms with E-state index in [2.05, 4.69) is 0 Å². The second-order valence-corrected chi connectivity index (χ2v) is 0.179. The Bertz CT molecular complexity index is 62.5. The van der Waals surface area contributed by atoms with Crippen molar-refractivity contribution in [2.24, 2.45) is 0 Å². The Morgan fingerprint density at radius 1 is 0.750 bits per heavy atom. The van der Waals surface area contributed by atoms with Crippen LogP contribution in [0.25, 0.3) is 31.9 Å².